The number of fused-ring (bicyclic) bond motifs is 3. The largest absolute Gasteiger partial charge is 0.382 e. The maximum Gasteiger partial charge on any atom is 0.150 e. The second-order valence-corrected chi connectivity index (χ2v) is 12.8. The number of nitrogens with two attached hydrogens (primary N) is 1. The fourth-order valence-corrected chi connectivity index (χ4v) is 3.17. The minimum Gasteiger partial charge on any atom is -0.382 e. The van der Waals surface area contributed by atoms with Gasteiger partial charge in [-0.05, 0) is 17.2 Å². The van der Waals surface area contributed by atoms with Gasteiger partial charge in [0.2, 0.25) is 0 Å². The van der Waals surface area contributed by atoms with Crippen molar-refractivity contribution in [1.29, 1.82) is 0 Å². The molecule has 2 aromatic heterocycles. The second-order valence-electron chi connectivity index (χ2n) is 7.76. The number of para-hydroxylation sites is 1. The first-order chi connectivity index (χ1) is 11.2. The van der Waals surface area contributed by atoms with Crippen LogP contribution in [0.1, 0.15) is 26.3 Å². The lowest BCUT2D eigenvalue weighted by Gasteiger charge is -2.31. The van der Waals surface area contributed by atoms with Gasteiger partial charge in [0.05, 0.1) is 5.52 Å². The zero-order valence-electron chi connectivity index (χ0n) is 14.9. The van der Waals surface area contributed by atoms with Crippen molar-refractivity contribution in [3.8, 4) is 11.5 Å². The summed E-state index contributed by atoms with van der Waals surface area (Å²) in [4.78, 5) is 8.96. The summed E-state index contributed by atoms with van der Waals surface area (Å²) >= 11 is 0. The fraction of sp³-hybridized carbons (Fsp3) is 0.300. The second kappa shape index (κ2) is 5.61. The first-order valence-electron chi connectivity index (χ1n) is 8.16. The summed E-state index contributed by atoms with van der Waals surface area (Å²) in [6, 6.07) is 10.1. The molecule has 0 aliphatic carbocycles. The van der Waals surface area contributed by atoms with Crippen molar-refractivity contribution >= 4 is 35.7 Å². The minimum absolute atomic E-state index is 0.241. The van der Waals surface area contributed by atoms with E-state index in [0.29, 0.717) is 5.82 Å². The summed E-state index contributed by atoms with van der Waals surface area (Å²) in [6.07, 6.45) is 1.80. The van der Waals surface area contributed by atoms with Crippen molar-refractivity contribution in [2.75, 3.05) is 5.73 Å². The van der Waals surface area contributed by atoms with Gasteiger partial charge in [0.25, 0.3) is 0 Å². The van der Waals surface area contributed by atoms with E-state index in [1.54, 1.807) is 6.20 Å². The van der Waals surface area contributed by atoms with Crippen LogP contribution >= 0.6 is 0 Å². The average molecular weight is 334 g/mol. The lowest BCUT2D eigenvalue weighted by Crippen LogP contribution is -2.35. The molecule has 122 valence electrons. The van der Waals surface area contributed by atoms with E-state index in [4.69, 9.17) is 5.73 Å². The van der Waals surface area contributed by atoms with Crippen LogP contribution in [0.25, 0.3) is 21.8 Å². The number of pyridine rings is 2. The van der Waals surface area contributed by atoms with E-state index in [2.05, 4.69) is 67.4 Å². The molecule has 0 amide bonds. The normalized spacial score (nSPS) is 12.2. The fourth-order valence-electron chi connectivity index (χ4n) is 2.34. The summed E-state index contributed by atoms with van der Waals surface area (Å²) in [6.45, 7) is 11.4. The predicted octanol–water partition coefficient (Wildman–Crippen LogP) is 4.76. The molecule has 0 fully saturated rings. The maximum atomic E-state index is 6.07. The van der Waals surface area contributed by atoms with Gasteiger partial charge in [-0.1, -0.05) is 58.0 Å². The van der Waals surface area contributed by atoms with E-state index in [9.17, 15) is 0 Å². The highest BCUT2D eigenvalue weighted by Gasteiger charge is 2.33. The lowest BCUT2D eigenvalue weighted by molar-refractivity contribution is 0.731. The predicted molar refractivity (Wildman–Crippen MR) is 106 cm³/mol. The topological polar surface area (TPSA) is 51.8 Å². The van der Waals surface area contributed by atoms with Crippen LogP contribution in [0.5, 0.6) is 0 Å². The van der Waals surface area contributed by atoms with E-state index < -0.39 is 8.07 Å². The van der Waals surface area contributed by atoms with Crippen molar-refractivity contribution < 1.29 is 0 Å². The van der Waals surface area contributed by atoms with Crippen LogP contribution in [0.3, 0.4) is 0 Å². The Labute approximate surface area is 144 Å². The van der Waals surface area contributed by atoms with Crippen molar-refractivity contribution in [3.05, 3.63) is 42.1 Å². The summed E-state index contributed by atoms with van der Waals surface area (Å²) in [7, 11) is -1.65. The highest BCUT2D eigenvalue weighted by Crippen LogP contribution is 2.35. The van der Waals surface area contributed by atoms with Crippen LogP contribution in [0.15, 0.2) is 36.5 Å². The number of aromatic nitrogens is 2. The summed E-state index contributed by atoms with van der Waals surface area (Å²) < 4.78 is 0. The molecule has 3 aromatic rings. The van der Waals surface area contributed by atoms with Gasteiger partial charge in [-0.25, -0.2) is 4.98 Å². The van der Waals surface area contributed by atoms with E-state index in [1.165, 1.54) is 0 Å². The molecule has 1 aromatic carbocycles. The van der Waals surface area contributed by atoms with Crippen LogP contribution < -0.4 is 5.73 Å². The molecular formula is C20H23N3Si. The number of anilines is 1. The Hall–Kier alpha value is -2.38. The Morgan fingerprint density at radius 2 is 1.79 bits per heavy atom. The molecule has 3 nitrogen and oxygen atoms in total. The van der Waals surface area contributed by atoms with Crippen LogP contribution in [-0.2, 0) is 0 Å². The smallest absolute Gasteiger partial charge is 0.150 e. The van der Waals surface area contributed by atoms with E-state index in [-0.39, 0.29) is 5.04 Å². The van der Waals surface area contributed by atoms with Gasteiger partial charge in [0.1, 0.15) is 13.6 Å². The third-order valence-corrected chi connectivity index (χ3v) is 9.46. The first-order valence-corrected chi connectivity index (χ1v) is 11.2. The molecule has 0 aliphatic heterocycles. The molecule has 0 saturated carbocycles. The highest BCUT2D eigenvalue weighted by molar-refractivity contribution is 6.87. The van der Waals surface area contributed by atoms with Gasteiger partial charge in [-0.15, -0.1) is 5.54 Å². The first kappa shape index (κ1) is 16.5. The summed E-state index contributed by atoms with van der Waals surface area (Å²) in [5, 5.41) is 2.32. The highest BCUT2D eigenvalue weighted by atomic mass is 28.3. The third-order valence-electron chi connectivity index (χ3n) is 4.96. The van der Waals surface area contributed by atoms with Gasteiger partial charge in [0.15, 0.2) is 5.82 Å². The van der Waals surface area contributed by atoms with Crippen LogP contribution in [0.2, 0.25) is 18.1 Å². The monoisotopic (exact) mass is 333 g/mol. The number of hydrogen-bond acceptors (Lipinski definition) is 3. The maximum absolute atomic E-state index is 6.07. The van der Waals surface area contributed by atoms with Crippen molar-refractivity contribution in [2.45, 2.75) is 38.9 Å². The summed E-state index contributed by atoms with van der Waals surface area (Å²) in [5.41, 5.74) is 12.2. The average Bonchev–Trinajstić information content (AvgIpc) is 2.52. The molecule has 0 radical (unpaired) electrons. The Morgan fingerprint density at radius 3 is 2.50 bits per heavy atom. The Kier molecular flexibility index (Phi) is 3.85. The SMILES string of the molecule is CC(C)(C)[Si](C)(C)C#Cc1cnc2c(N)nc3ccccc3c2c1. The minimum atomic E-state index is -1.65. The molecule has 0 bridgehead atoms. The zero-order chi connectivity index (χ0) is 17.5. The van der Waals surface area contributed by atoms with Gasteiger partial charge in [-0.2, -0.15) is 0 Å². The zero-order valence-corrected chi connectivity index (χ0v) is 15.9. The lowest BCUT2D eigenvalue weighted by atomic mass is 10.1. The molecule has 4 heteroatoms. The van der Waals surface area contributed by atoms with E-state index >= 15 is 0 Å². The standard InChI is InChI=1S/C20H23N3Si/c1-20(2,3)24(4,5)11-10-14-12-16-15-8-6-7-9-17(15)23-19(21)18(16)22-13-14/h6-9,12-13H,1-5H3,(H2,21,23). The molecule has 0 saturated heterocycles. The van der Waals surface area contributed by atoms with Crippen molar-refractivity contribution in [3.63, 3.8) is 0 Å². The van der Waals surface area contributed by atoms with Crippen molar-refractivity contribution in [1.82, 2.24) is 9.97 Å². The number of hydrogen-bond donors (Lipinski definition) is 1. The molecule has 0 aliphatic rings. The Bertz CT molecular complexity index is 989. The van der Waals surface area contributed by atoms with Gasteiger partial charge >= 0.3 is 0 Å². The molecule has 2 heterocycles. The van der Waals surface area contributed by atoms with Gasteiger partial charge < -0.3 is 5.73 Å². The van der Waals surface area contributed by atoms with Crippen LogP contribution in [-0.4, -0.2) is 18.0 Å². The van der Waals surface area contributed by atoms with E-state index in [0.717, 1.165) is 27.4 Å². The quantitative estimate of drug-likeness (QED) is 0.366. The number of benzene rings is 1. The van der Waals surface area contributed by atoms with Gasteiger partial charge in [0, 0.05) is 22.5 Å². The van der Waals surface area contributed by atoms with Gasteiger partial charge in [-0.3, -0.25) is 4.98 Å². The Balaban J connectivity index is 2.18. The number of nitrogen functional groups attached to an aromatic ring is 1. The summed E-state index contributed by atoms with van der Waals surface area (Å²) in [5.74, 6) is 3.82. The Morgan fingerprint density at radius 1 is 1.08 bits per heavy atom. The molecule has 24 heavy (non-hydrogen) atoms. The van der Waals surface area contributed by atoms with E-state index in [1.807, 2.05) is 18.2 Å². The molecular weight excluding hydrogens is 310 g/mol. The van der Waals surface area contributed by atoms with Crippen LogP contribution in [0, 0.1) is 11.5 Å². The molecule has 2 N–H and O–H groups in total. The molecule has 0 spiro atoms. The van der Waals surface area contributed by atoms with Crippen LogP contribution in [0.4, 0.5) is 5.82 Å². The molecule has 3 rings (SSSR count). The van der Waals surface area contributed by atoms with Crippen molar-refractivity contribution in [2.24, 2.45) is 0 Å². The number of nitrogens with zero attached hydrogens (tertiary/aromatic N) is 2. The molecule has 0 unspecified atom stereocenters. The third kappa shape index (κ3) is 2.88. The number of rotatable bonds is 0. The molecule has 0 atom stereocenters.